The highest BCUT2D eigenvalue weighted by atomic mass is 16.6. The molecular formula is C25H35N3O6. The minimum Gasteiger partial charge on any atom is -0.490 e. The number of benzene rings is 1. The van der Waals surface area contributed by atoms with Gasteiger partial charge >= 0.3 is 0 Å². The fourth-order valence-electron chi connectivity index (χ4n) is 4.58. The molecule has 2 aliphatic rings. The van der Waals surface area contributed by atoms with Crippen molar-refractivity contribution in [2.75, 3.05) is 48.0 Å². The van der Waals surface area contributed by atoms with Crippen molar-refractivity contribution in [2.24, 2.45) is 5.92 Å². The van der Waals surface area contributed by atoms with Crippen LogP contribution in [0, 0.1) is 17.2 Å². The van der Waals surface area contributed by atoms with Crippen LogP contribution in [0.4, 0.5) is 0 Å². The molecule has 0 N–H and O–H groups in total. The van der Waals surface area contributed by atoms with Gasteiger partial charge in [-0.3, -0.25) is 9.59 Å². The number of rotatable bonds is 2. The van der Waals surface area contributed by atoms with E-state index in [0.717, 1.165) is 12.8 Å². The smallest absolute Gasteiger partial charge is 0.257 e. The summed E-state index contributed by atoms with van der Waals surface area (Å²) in [6.07, 6.45) is 1.40. The largest absolute Gasteiger partial charge is 0.490 e. The lowest BCUT2D eigenvalue weighted by molar-refractivity contribution is -0.147. The molecule has 0 saturated carbocycles. The lowest BCUT2D eigenvalue weighted by atomic mass is 9.98. The third kappa shape index (κ3) is 5.87. The summed E-state index contributed by atoms with van der Waals surface area (Å²) >= 11 is 0. The van der Waals surface area contributed by atoms with Gasteiger partial charge < -0.3 is 28.7 Å². The van der Waals surface area contributed by atoms with Gasteiger partial charge in [-0.1, -0.05) is 6.92 Å². The number of methoxy groups -OCH3 is 2. The number of hydrogen-bond acceptors (Lipinski definition) is 7. The molecule has 9 heteroatoms. The SMILES string of the molecule is CO[C@H]1CN(C)C(=O)c2cc(C#N)ccc2OC[C@H]2O[C@@H](CC[C@H]2OC)CCN(C)C(=O)[C@@H]1C. The van der Waals surface area contributed by atoms with E-state index in [1.165, 1.54) is 18.1 Å². The Labute approximate surface area is 201 Å². The van der Waals surface area contributed by atoms with Crippen LogP contribution in [0.1, 0.15) is 42.1 Å². The number of nitrogens with zero attached hydrogens (tertiary/aromatic N) is 3. The molecule has 2 heterocycles. The molecule has 0 unspecified atom stereocenters. The van der Waals surface area contributed by atoms with E-state index in [-0.39, 0.29) is 48.8 Å². The van der Waals surface area contributed by atoms with Gasteiger partial charge in [0.1, 0.15) is 18.5 Å². The maximum atomic E-state index is 13.4. The third-order valence-corrected chi connectivity index (χ3v) is 6.81. The molecule has 0 radical (unpaired) electrons. The van der Waals surface area contributed by atoms with Gasteiger partial charge in [0.15, 0.2) is 0 Å². The topological polar surface area (TPSA) is 101 Å². The lowest BCUT2D eigenvalue weighted by Gasteiger charge is -2.37. The second kappa shape index (κ2) is 11.6. The number of likely N-dealkylation sites (N-methyl/N-ethyl adjacent to an activating group) is 1. The van der Waals surface area contributed by atoms with Crippen LogP contribution < -0.4 is 4.74 Å². The number of carbonyl (C=O) groups is 2. The standard InChI is InChI=1S/C25H35N3O6/c1-16-22(32-5)14-28(3)25(30)19-12-17(13-26)6-8-20(19)33-15-23-21(31-4)9-7-18(34-23)10-11-27(2)24(16)29/h6,8,12,16,18,21-23H,7,9-11,14-15H2,1-5H3/t16-,18+,21-,22+,23-/m1/s1. The van der Waals surface area contributed by atoms with Crippen LogP contribution in [0.5, 0.6) is 5.75 Å². The van der Waals surface area contributed by atoms with E-state index in [2.05, 4.69) is 6.07 Å². The van der Waals surface area contributed by atoms with E-state index in [9.17, 15) is 14.9 Å². The van der Waals surface area contributed by atoms with Crippen molar-refractivity contribution >= 4 is 11.8 Å². The molecule has 1 saturated heterocycles. The zero-order valence-corrected chi connectivity index (χ0v) is 20.7. The predicted octanol–water partition coefficient (Wildman–Crippen LogP) is 2.08. The number of nitriles is 1. The van der Waals surface area contributed by atoms with Crippen molar-refractivity contribution in [1.29, 1.82) is 5.26 Å². The van der Waals surface area contributed by atoms with Gasteiger partial charge in [-0.25, -0.2) is 0 Å². The monoisotopic (exact) mass is 473 g/mol. The summed E-state index contributed by atoms with van der Waals surface area (Å²) in [6.45, 7) is 2.80. The number of hydrogen-bond donors (Lipinski definition) is 0. The summed E-state index contributed by atoms with van der Waals surface area (Å²) in [5.41, 5.74) is 0.636. The number of ether oxygens (including phenoxy) is 4. The summed E-state index contributed by atoms with van der Waals surface area (Å²) in [5, 5.41) is 9.36. The van der Waals surface area contributed by atoms with Crippen molar-refractivity contribution in [1.82, 2.24) is 9.80 Å². The molecule has 3 rings (SSSR count). The maximum absolute atomic E-state index is 13.4. The molecule has 0 spiro atoms. The molecule has 2 bridgehead atoms. The summed E-state index contributed by atoms with van der Waals surface area (Å²) in [6, 6.07) is 6.86. The zero-order valence-electron chi connectivity index (χ0n) is 20.7. The zero-order chi connectivity index (χ0) is 24.8. The first kappa shape index (κ1) is 25.9. The molecule has 0 aromatic heterocycles. The van der Waals surface area contributed by atoms with Gasteiger partial charge in [0.2, 0.25) is 5.91 Å². The second-order valence-electron chi connectivity index (χ2n) is 9.08. The van der Waals surface area contributed by atoms with Crippen LogP contribution in [0.2, 0.25) is 0 Å². The first-order valence-corrected chi connectivity index (χ1v) is 11.7. The van der Waals surface area contributed by atoms with Crippen LogP contribution >= 0.6 is 0 Å². The molecule has 1 fully saturated rings. The Bertz CT molecular complexity index is 916. The van der Waals surface area contributed by atoms with Crippen molar-refractivity contribution in [2.45, 2.75) is 50.6 Å². The van der Waals surface area contributed by atoms with Crippen LogP contribution in [0.25, 0.3) is 0 Å². The van der Waals surface area contributed by atoms with E-state index in [1.54, 1.807) is 38.2 Å². The predicted molar refractivity (Wildman–Crippen MR) is 125 cm³/mol. The Hall–Kier alpha value is -2.67. The quantitative estimate of drug-likeness (QED) is 0.648. The summed E-state index contributed by atoms with van der Waals surface area (Å²) < 4.78 is 23.6. The number of amides is 2. The van der Waals surface area contributed by atoms with Crippen molar-refractivity contribution in [3.05, 3.63) is 29.3 Å². The van der Waals surface area contributed by atoms with Crippen LogP contribution in [-0.2, 0) is 19.0 Å². The van der Waals surface area contributed by atoms with Gasteiger partial charge in [0, 0.05) is 41.4 Å². The van der Waals surface area contributed by atoms with E-state index < -0.39 is 12.0 Å². The Kier molecular flexibility index (Phi) is 8.89. The minimum absolute atomic E-state index is 0.0233. The fourth-order valence-corrected chi connectivity index (χ4v) is 4.58. The average molecular weight is 474 g/mol. The van der Waals surface area contributed by atoms with Gasteiger partial charge in [-0.2, -0.15) is 5.26 Å². The van der Waals surface area contributed by atoms with Crippen LogP contribution in [-0.4, -0.2) is 94.0 Å². The summed E-state index contributed by atoms with van der Waals surface area (Å²) in [4.78, 5) is 29.7. The first-order valence-electron chi connectivity index (χ1n) is 11.7. The third-order valence-electron chi connectivity index (χ3n) is 6.81. The first-order chi connectivity index (χ1) is 16.3. The van der Waals surface area contributed by atoms with Gasteiger partial charge in [-0.05, 0) is 37.5 Å². The second-order valence-corrected chi connectivity index (χ2v) is 9.08. The molecule has 9 nitrogen and oxygen atoms in total. The summed E-state index contributed by atoms with van der Waals surface area (Å²) in [5.74, 6) is -0.434. The van der Waals surface area contributed by atoms with E-state index >= 15 is 0 Å². The Balaban J connectivity index is 1.96. The highest BCUT2D eigenvalue weighted by molar-refractivity contribution is 5.97. The van der Waals surface area contributed by atoms with Gasteiger partial charge in [-0.15, -0.1) is 0 Å². The molecule has 0 aliphatic carbocycles. The maximum Gasteiger partial charge on any atom is 0.257 e. The van der Waals surface area contributed by atoms with Crippen molar-refractivity contribution < 1.29 is 28.5 Å². The Morgan fingerprint density at radius 3 is 2.47 bits per heavy atom. The van der Waals surface area contributed by atoms with Gasteiger partial charge in [0.05, 0.1) is 41.4 Å². The molecular weight excluding hydrogens is 438 g/mol. The van der Waals surface area contributed by atoms with Crippen LogP contribution in [0.3, 0.4) is 0 Å². The fraction of sp³-hybridized carbons (Fsp3) is 0.640. The molecule has 5 atom stereocenters. The lowest BCUT2D eigenvalue weighted by Crippen LogP contribution is -2.47. The highest BCUT2D eigenvalue weighted by Gasteiger charge is 2.34. The molecule has 1 aromatic rings. The normalized spacial score (nSPS) is 29.2. The number of carbonyl (C=O) groups excluding carboxylic acids is 2. The summed E-state index contributed by atoms with van der Waals surface area (Å²) in [7, 11) is 6.62. The Morgan fingerprint density at radius 1 is 1.06 bits per heavy atom. The molecule has 1 aromatic carbocycles. The van der Waals surface area contributed by atoms with Crippen molar-refractivity contribution in [3.63, 3.8) is 0 Å². The van der Waals surface area contributed by atoms with E-state index in [1.807, 2.05) is 6.92 Å². The van der Waals surface area contributed by atoms with Gasteiger partial charge in [0.25, 0.3) is 5.91 Å². The highest BCUT2D eigenvalue weighted by Crippen LogP contribution is 2.28. The molecule has 2 aliphatic heterocycles. The molecule has 34 heavy (non-hydrogen) atoms. The van der Waals surface area contributed by atoms with E-state index in [4.69, 9.17) is 18.9 Å². The Morgan fingerprint density at radius 2 is 1.79 bits per heavy atom. The number of fused-ring (bicyclic) bond motifs is 3. The minimum atomic E-state index is -0.488. The average Bonchev–Trinajstić information content (AvgIpc) is 2.86. The molecule has 2 amide bonds. The van der Waals surface area contributed by atoms with Crippen molar-refractivity contribution in [3.8, 4) is 11.8 Å². The molecule has 186 valence electrons. The van der Waals surface area contributed by atoms with Crippen LogP contribution in [0.15, 0.2) is 18.2 Å². The van der Waals surface area contributed by atoms with E-state index in [0.29, 0.717) is 24.3 Å².